The Morgan fingerprint density at radius 2 is 2.25 bits per heavy atom. The largest absolute Gasteiger partial charge is 0.357 e. The zero-order valence-corrected chi connectivity index (χ0v) is 17.8. The lowest BCUT2D eigenvalue weighted by Crippen LogP contribution is -2.44. The lowest BCUT2D eigenvalue weighted by Gasteiger charge is -2.19. The van der Waals surface area contributed by atoms with Gasteiger partial charge in [0.05, 0.1) is 12.2 Å². The Balaban J connectivity index is 1.61. The van der Waals surface area contributed by atoms with E-state index in [0.29, 0.717) is 18.9 Å². The first-order chi connectivity index (χ1) is 13.4. The van der Waals surface area contributed by atoms with E-state index >= 15 is 0 Å². The molecule has 0 aromatic carbocycles. The molecule has 1 saturated heterocycles. The van der Waals surface area contributed by atoms with Gasteiger partial charge in [0.25, 0.3) is 0 Å². The topological polar surface area (TPSA) is 65.4 Å². The van der Waals surface area contributed by atoms with Gasteiger partial charge < -0.3 is 15.5 Å². The Bertz CT molecular complexity index is 813. The van der Waals surface area contributed by atoms with Crippen LogP contribution in [0.5, 0.6) is 0 Å². The van der Waals surface area contributed by atoms with Crippen LogP contribution in [0, 0.1) is 5.82 Å². The SMILES string of the molecule is CCNC(=NCc1nc(C(C)(C)C)cs1)NC1CCN(c2ncccc2F)C1. The molecule has 0 radical (unpaired) electrons. The van der Waals surface area contributed by atoms with Gasteiger partial charge in [-0.15, -0.1) is 11.3 Å². The number of aliphatic imine (C=N–C) groups is 1. The quantitative estimate of drug-likeness (QED) is 0.591. The third-order valence-electron chi connectivity index (χ3n) is 4.60. The first kappa shape index (κ1) is 20.5. The van der Waals surface area contributed by atoms with Gasteiger partial charge in [-0.05, 0) is 25.5 Å². The molecule has 0 bridgehead atoms. The fraction of sp³-hybridized carbons (Fsp3) is 0.550. The van der Waals surface area contributed by atoms with E-state index in [9.17, 15) is 4.39 Å². The van der Waals surface area contributed by atoms with Gasteiger partial charge in [0.15, 0.2) is 17.6 Å². The summed E-state index contributed by atoms with van der Waals surface area (Å²) >= 11 is 1.65. The molecule has 0 aliphatic carbocycles. The normalized spacial score (nSPS) is 17.8. The molecule has 6 nitrogen and oxygen atoms in total. The third kappa shape index (κ3) is 5.19. The van der Waals surface area contributed by atoms with Crippen molar-refractivity contribution in [3.8, 4) is 0 Å². The molecule has 3 rings (SSSR count). The van der Waals surface area contributed by atoms with Crippen LogP contribution in [0.4, 0.5) is 10.2 Å². The van der Waals surface area contributed by atoms with E-state index in [0.717, 1.165) is 36.2 Å². The number of nitrogens with one attached hydrogen (secondary N) is 2. The van der Waals surface area contributed by atoms with Gasteiger partial charge in [-0.3, -0.25) is 0 Å². The first-order valence-corrected chi connectivity index (χ1v) is 10.6. The van der Waals surface area contributed by atoms with Gasteiger partial charge in [0.2, 0.25) is 0 Å². The van der Waals surface area contributed by atoms with Crippen LogP contribution in [0.25, 0.3) is 0 Å². The van der Waals surface area contributed by atoms with Crippen LogP contribution >= 0.6 is 11.3 Å². The average molecular weight is 405 g/mol. The summed E-state index contributed by atoms with van der Waals surface area (Å²) in [6.45, 7) is 11.3. The smallest absolute Gasteiger partial charge is 0.191 e. The fourth-order valence-corrected chi connectivity index (χ4v) is 4.01. The molecule has 0 spiro atoms. The van der Waals surface area contributed by atoms with Crippen LogP contribution in [0.3, 0.4) is 0 Å². The van der Waals surface area contributed by atoms with Crippen molar-refractivity contribution in [2.75, 3.05) is 24.5 Å². The van der Waals surface area contributed by atoms with Gasteiger partial charge in [-0.2, -0.15) is 0 Å². The Morgan fingerprint density at radius 1 is 1.43 bits per heavy atom. The molecule has 1 fully saturated rings. The number of halogens is 1. The highest BCUT2D eigenvalue weighted by Gasteiger charge is 2.26. The Morgan fingerprint density at radius 3 is 2.93 bits per heavy atom. The van der Waals surface area contributed by atoms with Crippen molar-refractivity contribution in [1.29, 1.82) is 0 Å². The van der Waals surface area contributed by atoms with Crippen LogP contribution in [-0.4, -0.2) is 41.6 Å². The van der Waals surface area contributed by atoms with E-state index in [1.54, 1.807) is 23.6 Å². The summed E-state index contributed by atoms with van der Waals surface area (Å²) in [4.78, 5) is 15.6. The predicted molar refractivity (Wildman–Crippen MR) is 114 cm³/mol. The summed E-state index contributed by atoms with van der Waals surface area (Å²) in [6, 6.07) is 3.26. The maximum atomic E-state index is 14.0. The monoisotopic (exact) mass is 404 g/mol. The summed E-state index contributed by atoms with van der Waals surface area (Å²) in [6.07, 6.45) is 2.54. The second-order valence-electron chi connectivity index (χ2n) is 7.96. The molecule has 1 atom stereocenters. The molecule has 2 aromatic heterocycles. The predicted octanol–water partition coefficient (Wildman–Crippen LogP) is 3.31. The number of anilines is 1. The van der Waals surface area contributed by atoms with Crippen molar-refractivity contribution >= 4 is 23.1 Å². The zero-order chi connectivity index (χ0) is 20.1. The van der Waals surface area contributed by atoms with Gasteiger partial charge in [-0.1, -0.05) is 20.8 Å². The molecule has 1 unspecified atom stereocenters. The maximum absolute atomic E-state index is 14.0. The second kappa shape index (κ2) is 8.86. The van der Waals surface area contributed by atoms with Gasteiger partial charge in [0, 0.05) is 42.7 Å². The Kier molecular flexibility index (Phi) is 6.49. The van der Waals surface area contributed by atoms with Crippen LogP contribution in [0.15, 0.2) is 28.7 Å². The number of rotatable bonds is 5. The number of hydrogen-bond acceptors (Lipinski definition) is 5. The minimum atomic E-state index is -0.276. The molecular weight excluding hydrogens is 375 g/mol. The van der Waals surface area contributed by atoms with Crippen LogP contribution in [0.1, 0.15) is 44.8 Å². The Hall–Kier alpha value is -2.22. The number of thiazole rings is 1. The lowest BCUT2D eigenvalue weighted by atomic mass is 9.93. The van der Waals surface area contributed by atoms with Crippen LogP contribution in [-0.2, 0) is 12.0 Å². The molecule has 0 amide bonds. The number of guanidine groups is 1. The first-order valence-electron chi connectivity index (χ1n) is 9.72. The third-order valence-corrected chi connectivity index (χ3v) is 5.44. The van der Waals surface area contributed by atoms with Crippen molar-refractivity contribution in [2.24, 2.45) is 4.99 Å². The standard InChI is InChI=1S/C20H29FN6S/c1-5-22-19(24-11-17-26-16(13-28-17)20(2,3)4)25-14-8-10-27(12-14)18-15(21)7-6-9-23-18/h6-7,9,13-14H,5,8,10-12H2,1-4H3,(H2,22,24,25). The molecule has 1 aliphatic heterocycles. The number of hydrogen-bond donors (Lipinski definition) is 2. The van der Waals surface area contributed by atoms with Gasteiger partial charge in [0.1, 0.15) is 5.01 Å². The van der Waals surface area contributed by atoms with Crippen LogP contribution < -0.4 is 15.5 Å². The minimum Gasteiger partial charge on any atom is -0.357 e. The lowest BCUT2D eigenvalue weighted by molar-refractivity contribution is 0.571. The molecule has 1 aliphatic rings. The zero-order valence-electron chi connectivity index (χ0n) is 17.0. The highest BCUT2D eigenvalue weighted by molar-refractivity contribution is 7.09. The average Bonchev–Trinajstić information content (AvgIpc) is 3.29. The summed E-state index contributed by atoms with van der Waals surface area (Å²) in [5.74, 6) is 0.914. The fourth-order valence-electron chi connectivity index (χ4n) is 3.07. The minimum absolute atomic E-state index is 0.0509. The van der Waals surface area contributed by atoms with Gasteiger partial charge in [-0.25, -0.2) is 19.4 Å². The molecule has 0 saturated carbocycles. The van der Waals surface area contributed by atoms with Crippen molar-refractivity contribution in [3.05, 3.63) is 40.2 Å². The number of aromatic nitrogens is 2. The number of pyridine rings is 1. The van der Waals surface area contributed by atoms with Crippen molar-refractivity contribution in [3.63, 3.8) is 0 Å². The van der Waals surface area contributed by atoms with Crippen molar-refractivity contribution < 1.29 is 4.39 Å². The maximum Gasteiger partial charge on any atom is 0.191 e. The Labute approximate surface area is 170 Å². The molecule has 28 heavy (non-hydrogen) atoms. The summed E-state index contributed by atoms with van der Waals surface area (Å²) in [5, 5.41) is 9.88. The van der Waals surface area contributed by atoms with Gasteiger partial charge >= 0.3 is 0 Å². The van der Waals surface area contributed by atoms with Crippen LogP contribution in [0.2, 0.25) is 0 Å². The van der Waals surface area contributed by atoms with Crippen molar-refractivity contribution in [1.82, 2.24) is 20.6 Å². The molecule has 3 heterocycles. The molecule has 152 valence electrons. The summed E-state index contributed by atoms with van der Waals surface area (Å²) in [5.41, 5.74) is 1.15. The van der Waals surface area contributed by atoms with E-state index in [1.807, 2.05) is 11.8 Å². The van der Waals surface area contributed by atoms with E-state index in [4.69, 9.17) is 9.98 Å². The highest BCUT2D eigenvalue weighted by atomic mass is 32.1. The molecule has 8 heteroatoms. The summed E-state index contributed by atoms with van der Waals surface area (Å²) < 4.78 is 14.0. The molecule has 2 aromatic rings. The van der Waals surface area contributed by atoms with Crippen molar-refractivity contribution in [2.45, 2.75) is 52.1 Å². The van der Waals surface area contributed by atoms with E-state index < -0.39 is 0 Å². The molecule has 2 N–H and O–H groups in total. The summed E-state index contributed by atoms with van der Waals surface area (Å²) in [7, 11) is 0. The highest BCUT2D eigenvalue weighted by Crippen LogP contribution is 2.24. The number of nitrogens with zero attached hydrogens (tertiary/aromatic N) is 4. The second-order valence-corrected chi connectivity index (χ2v) is 8.90. The molecular formula is C20H29FN6S. The van der Waals surface area contributed by atoms with E-state index in [1.165, 1.54) is 6.07 Å². The van der Waals surface area contributed by atoms with E-state index in [-0.39, 0.29) is 17.3 Å². The van der Waals surface area contributed by atoms with E-state index in [2.05, 4.69) is 41.8 Å².